The van der Waals surface area contributed by atoms with Gasteiger partial charge in [-0.15, -0.1) is 0 Å². The number of sulfonamides is 1. The van der Waals surface area contributed by atoms with Crippen LogP contribution in [0.1, 0.15) is 12.0 Å². The molecular formula is C22H20F4N4O4S. The van der Waals surface area contributed by atoms with Gasteiger partial charge in [-0.3, -0.25) is 4.90 Å². The van der Waals surface area contributed by atoms with Crippen LogP contribution in [0.3, 0.4) is 0 Å². The quantitative estimate of drug-likeness (QED) is 0.539. The van der Waals surface area contributed by atoms with Crippen molar-refractivity contribution in [1.29, 1.82) is 0 Å². The van der Waals surface area contributed by atoms with E-state index in [1.165, 1.54) is 18.2 Å². The summed E-state index contributed by atoms with van der Waals surface area (Å²) in [5, 5.41) is 3.93. The number of fused-ring (bicyclic) bond motifs is 2. The maximum absolute atomic E-state index is 15.1. The number of alkyl halides is 2. The van der Waals surface area contributed by atoms with Gasteiger partial charge in [0.15, 0.2) is 11.4 Å². The van der Waals surface area contributed by atoms with Crippen molar-refractivity contribution in [2.24, 2.45) is 0 Å². The first-order valence-corrected chi connectivity index (χ1v) is 12.6. The average molecular weight is 512 g/mol. The molecule has 1 aromatic heterocycles. The van der Waals surface area contributed by atoms with Gasteiger partial charge in [-0.05, 0) is 37.1 Å². The molecule has 0 unspecified atom stereocenters. The number of aromatic nitrogens is 1. The number of halogens is 4. The molecule has 0 spiro atoms. The monoisotopic (exact) mass is 512 g/mol. The normalized spacial score (nSPS) is 22.2. The zero-order valence-corrected chi connectivity index (χ0v) is 19.4. The Morgan fingerprint density at radius 1 is 1.14 bits per heavy atom. The largest absolute Gasteiger partial charge is 0.354 e. The van der Waals surface area contributed by atoms with Crippen LogP contribution in [0.15, 0.2) is 34.9 Å². The summed E-state index contributed by atoms with van der Waals surface area (Å²) in [6, 6.07) is 2.43. The van der Waals surface area contributed by atoms with Crippen molar-refractivity contribution in [3.63, 3.8) is 0 Å². The van der Waals surface area contributed by atoms with Gasteiger partial charge in [-0.2, -0.15) is 0 Å². The van der Waals surface area contributed by atoms with Crippen LogP contribution in [0.2, 0.25) is 0 Å². The van der Waals surface area contributed by atoms with Crippen LogP contribution in [-0.2, 0) is 10.0 Å². The van der Waals surface area contributed by atoms with E-state index in [1.807, 2.05) is 4.72 Å². The van der Waals surface area contributed by atoms with Crippen molar-refractivity contribution in [2.75, 3.05) is 24.2 Å². The molecule has 2 saturated heterocycles. The lowest BCUT2D eigenvalue weighted by Gasteiger charge is -2.37. The van der Waals surface area contributed by atoms with Gasteiger partial charge in [0.1, 0.15) is 23.7 Å². The number of carbonyl (C=O) groups is 1. The molecule has 8 nitrogen and oxygen atoms in total. The van der Waals surface area contributed by atoms with Gasteiger partial charge in [0, 0.05) is 24.2 Å². The second kappa shape index (κ2) is 7.92. The van der Waals surface area contributed by atoms with E-state index in [-0.39, 0.29) is 40.9 Å². The Balaban J connectivity index is 1.59. The second-order valence-electron chi connectivity index (χ2n) is 8.74. The summed E-state index contributed by atoms with van der Waals surface area (Å²) in [6.45, 7) is 0.820. The molecule has 0 bridgehead atoms. The summed E-state index contributed by atoms with van der Waals surface area (Å²) in [7, 11) is -3.96. The highest BCUT2D eigenvalue weighted by Crippen LogP contribution is 2.44. The van der Waals surface area contributed by atoms with Gasteiger partial charge >= 0.3 is 6.03 Å². The summed E-state index contributed by atoms with van der Waals surface area (Å²) in [4.78, 5) is 15.3. The van der Waals surface area contributed by atoms with Crippen LogP contribution in [0.25, 0.3) is 22.1 Å². The van der Waals surface area contributed by atoms with E-state index in [0.717, 1.165) is 22.1 Å². The number of aryl methyl sites for hydroxylation is 1. The molecule has 3 aromatic rings. The first-order chi connectivity index (χ1) is 16.4. The second-order valence-corrected chi connectivity index (χ2v) is 10.5. The first kappa shape index (κ1) is 23.5. The van der Waals surface area contributed by atoms with Crippen molar-refractivity contribution in [2.45, 2.75) is 31.4 Å². The number of amides is 2. The molecule has 3 heterocycles. The lowest BCUT2D eigenvalue weighted by atomic mass is 9.96. The summed E-state index contributed by atoms with van der Waals surface area (Å²) < 4.78 is 90.1. The summed E-state index contributed by atoms with van der Waals surface area (Å²) in [5.74, 6) is -5.10. The Morgan fingerprint density at radius 2 is 1.86 bits per heavy atom. The van der Waals surface area contributed by atoms with Crippen LogP contribution in [-0.4, -0.2) is 61.9 Å². The molecule has 13 heteroatoms. The highest BCUT2D eigenvalue weighted by molar-refractivity contribution is 7.88. The number of hydrogen-bond donors (Lipinski definition) is 1. The Bertz CT molecular complexity index is 1440. The molecular weight excluding hydrogens is 492 g/mol. The third-order valence-corrected chi connectivity index (χ3v) is 7.13. The number of urea groups is 1. The number of carbonyl (C=O) groups excluding carboxylic acids is 1. The van der Waals surface area contributed by atoms with Crippen LogP contribution in [0, 0.1) is 18.6 Å². The predicted molar refractivity (Wildman–Crippen MR) is 119 cm³/mol. The Labute approximate surface area is 197 Å². The molecule has 186 valence electrons. The van der Waals surface area contributed by atoms with Gasteiger partial charge < -0.3 is 9.42 Å². The van der Waals surface area contributed by atoms with Crippen molar-refractivity contribution in [3.8, 4) is 11.1 Å². The minimum atomic E-state index is -3.96. The third kappa shape index (κ3) is 3.73. The molecule has 2 aliphatic heterocycles. The van der Waals surface area contributed by atoms with Crippen LogP contribution in [0.4, 0.5) is 28.2 Å². The lowest BCUT2D eigenvalue weighted by molar-refractivity contribution is -0.0448. The molecule has 5 rings (SSSR count). The maximum atomic E-state index is 15.1. The summed E-state index contributed by atoms with van der Waals surface area (Å²) >= 11 is 0. The number of rotatable bonds is 4. The lowest BCUT2D eigenvalue weighted by Crippen LogP contribution is -2.56. The molecule has 2 aromatic carbocycles. The Hall–Kier alpha value is -3.19. The smallest absolute Gasteiger partial charge is 0.326 e. The van der Waals surface area contributed by atoms with E-state index in [4.69, 9.17) is 4.52 Å². The predicted octanol–water partition coefficient (Wildman–Crippen LogP) is 3.65. The van der Waals surface area contributed by atoms with Crippen molar-refractivity contribution in [3.05, 3.63) is 47.5 Å². The highest BCUT2D eigenvalue weighted by atomic mass is 32.2. The van der Waals surface area contributed by atoms with Gasteiger partial charge in [-0.25, -0.2) is 35.5 Å². The van der Waals surface area contributed by atoms with Crippen LogP contribution >= 0.6 is 0 Å². The molecule has 0 aliphatic carbocycles. The standard InChI is InChI=1S/C22H20F4N4O4S/c1-11-4-3-5-12(23)17(11)18-13(24)6-7-14-19(18)20(27-34-14)29-9-8-16-22(25,26)15(28-35(2,32)33)10-30(16)21(29)31/h3-7,15-16,28H,8-10H2,1-2H3/t15-,16-/m1/s1. The fraction of sp³-hybridized carbons (Fsp3) is 0.364. The van der Waals surface area contributed by atoms with Gasteiger partial charge in [0.25, 0.3) is 5.92 Å². The summed E-state index contributed by atoms with van der Waals surface area (Å²) in [6.07, 6.45) is 0.551. The Kier molecular flexibility index (Phi) is 5.33. The molecule has 2 fully saturated rings. The van der Waals surface area contributed by atoms with Gasteiger partial charge in [0.2, 0.25) is 10.0 Å². The topological polar surface area (TPSA) is 95.8 Å². The number of nitrogens with one attached hydrogen (secondary N) is 1. The van der Waals surface area contributed by atoms with Crippen LogP contribution < -0.4 is 9.62 Å². The fourth-order valence-corrected chi connectivity index (χ4v) is 5.64. The van der Waals surface area contributed by atoms with E-state index in [0.29, 0.717) is 5.56 Å². The fourth-order valence-electron chi connectivity index (χ4n) is 4.89. The number of anilines is 1. The molecule has 2 atom stereocenters. The number of benzene rings is 2. The van der Waals surface area contributed by atoms with Crippen LogP contribution in [0.5, 0.6) is 0 Å². The number of hydrogen-bond acceptors (Lipinski definition) is 5. The molecule has 0 saturated carbocycles. The maximum Gasteiger partial charge on any atom is 0.326 e. The molecule has 1 N–H and O–H groups in total. The summed E-state index contributed by atoms with van der Waals surface area (Å²) in [5.41, 5.74) is 0.319. The SMILES string of the molecule is Cc1cccc(F)c1-c1c(F)ccc2onc(N3CC[C@H]4N(C[C@@H](NS(C)(=O)=O)C4(F)F)C3=O)c12. The van der Waals surface area contributed by atoms with Gasteiger partial charge in [0.05, 0.1) is 11.6 Å². The van der Waals surface area contributed by atoms with E-state index < -0.39 is 52.2 Å². The van der Waals surface area contributed by atoms with E-state index in [1.54, 1.807) is 13.0 Å². The molecule has 35 heavy (non-hydrogen) atoms. The average Bonchev–Trinajstić information content (AvgIpc) is 3.28. The van der Waals surface area contributed by atoms with Gasteiger partial charge in [-0.1, -0.05) is 17.3 Å². The van der Waals surface area contributed by atoms with E-state index in [9.17, 15) is 26.4 Å². The zero-order valence-electron chi connectivity index (χ0n) is 18.6. The molecule has 2 amide bonds. The van der Waals surface area contributed by atoms with Crippen molar-refractivity contribution < 1.29 is 35.3 Å². The van der Waals surface area contributed by atoms with Crippen molar-refractivity contribution >= 4 is 32.8 Å². The zero-order chi connectivity index (χ0) is 25.3. The highest BCUT2D eigenvalue weighted by Gasteiger charge is 2.60. The van der Waals surface area contributed by atoms with E-state index in [2.05, 4.69) is 5.16 Å². The Morgan fingerprint density at radius 3 is 2.54 bits per heavy atom. The van der Waals surface area contributed by atoms with Crippen molar-refractivity contribution in [1.82, 2.24) is 14.8 Å². The minimum absolute atomic E-state index is 0.0294. The first-order valence-electron chi connectivity index (χ1n) is 10.7. The molecule has 2 aliphatic rings. The number of nitrogens with zero attached hydrogens (tertiary/aromatic N) is 3. The minimum Gasteiger partial charge on any atom is -0.354 e. The molecule has 0 radical (unpaired) electrons. The third-order valence-electron chi connectivity index (χ3n) is 6.42. The van der Waals surface area contributed by atoms with E-state index >= 15 is 4.39 Å².